The van der Waals surface area contributed by atoms with E-state index >= 15 is 0 Å². The Bertz CT molecular complexity index is 1090. The number of piperazine rings is 1. The Labute approximate surface area is 212 Å². The van der Waals surface area contributed by atoms with Crippen molar-refractivity contribution in [2.75, 3.05) is 44.7 Å². The third kappa shape index (κ3) is 6.13. The fraction of sp³-hybridized carbons (Fsp3) is 0.536. The summed E-state index contributed by atoms with van der Waals surface area (Å²) in [5.41, 5.74) is 3.84. The van der Waals surface area contributed by atoms with Crippen LogP contribution in [0.15, 0.2) is 47.4 Å². The van der Waals surface area contributed by atoms with Gasteiger partial charge in [-0.1, -0.05) is 71.9 Å². The summed E-state index contributed by atoms with van der Waals surface area (Å²) in [5, 5.41) is 0. The number of anilines is 1. The van der Waals surface area contributed by atoms with Crippen LogP contribution < -0.4 is 4.90 Å². The number of amides is 1. The highest BCUT2D eigenvalue weighted by Gasteiger charge is 2.34. The number of para-hydroxylation sites is 1. The molecule has 1 fully saturated rings. The van der Waals surface area contributed by atoms with Crippen molar-refractivity contribution in [2.45, 2.75) is 64.2 Å². The summed E-state index contributed by atoms with van der Waals surface area (Å²) in [7, 11) is -1.88. The summed E-state index contributed by atoms with van der Waals surface area (Å²) in [5.74, 6) is 0.532. The van der Waals surface area contributed by atoms with E-state index in [1.807, 2.05) is 35.2 Å². The molecule has 0 spiro atoms. The van der Waals surface area contributed by atoms with Crippen molar-refractivity contribution in [3.8, 4) is 0 Å². The maximum absolute atomic E-state index is 14.0. The van der Waals surface area contributed by atoms with Crippen molar-refractivity contribution in [1.29, 1.82) is 0 Å². The Morgan fingerprint density at radius 3 is 1.83 bits per heavy atom. The topological polar surface area (TPSA) is 60.9 Å². The zero-order chi connectivity index (χ0) is 25.9. The lowest BCUT2D eigenvalue weighted by molar-refractivity contribution is -0.119. The van der Waals surface area contributed by atoms with Gasteiger partial charge in [-0.15, -0.1) is 0 Å². The number of rotatable bonds is 8. The van der Waals surface area contributed by atoms with Gasteiger partial charge in [0.05, 0.1) is 11.4 Å². The highest BCUT2D eigenvalue weighted by atomic mass is 32.2. The van der Waals surface area contributed by atoms with E-state index < -0.39 is 10.0 Å². The predicted molar refractivity (Wildman–Crippen MR) is 144 cm³/mol. The molecule has 192 valence electrons. The molecule has 0 aromatic heterocycles. The smallest absolute Gasteiger partial charge is 0.243 e. The Balaban J connectivity index is 1.79. The maximum Gasteiger partial charge on any atom is 0.243 e. The summed E-state index contributed by atoms with van der Waals surface area (Å²) >= 11 is 0. The van der Waals surface area contributed by atoms with Gasteiger partial charge in [0.25, 0.3) is 0 Å². The van der Waals surface area contributed by atoms with Crippen LogP contribution in [0.5, 0.6) is 0 Å². The quantitative estimate of drug-likeness (QED) is 0.511. The minimum Gasteiger partial charge on any atom is -0.314 e. The highest BCUT2D eigenvalue weighted by Crippen LogP contribution is 2.36. The number of hydrogen-bond acceptors (Lipinski definition) is 4. The number of benzene rings is 2. The molecule has 1 aliphatic rings. The van der Waals surface area contributed by atoms with Gasteiger partial charge in [0, 0.05) is 38.9 Å². The van der Waals surface area contributed by atoms with E-state index in [9.17, 15) is 13.2 Å². The van der Waals surface area contributed by atoms with E-state index in [2.05, 4.69) is 53.7 Å². The summed E-state index contributed by atoms with van der Waals surface area (Å²) in [6, 6.07) is 13.7. The third-order valence-electron chi connectivity index (χ3n) is 6.88. The molecule has 1 aliphatic heterocycles. The summed E-state index contributed by atoms with van der Waals surface area (Å²) in [6.45, 7) is 14.7. The minimum absolute atomic E-state index is 0.000898. The number of nitrogens with zero attached hydrogens (tertiary/aromatic N) is 3. The van der Waals surface area contributed by atoms with Crippen molar-refractivity contribution in [2.24, 2.45) is 0 Å². The first-order valence-electron chi connectivity index (χ1n) is 12.6. The zero-order valence-electron chi connectivity index (χ0n) is 22.3. The minimum atomic E-state index is -3.66. The molecule has 1 amide bonds. The standard InChI is InChI=1S/C28H41N3O3S/c1-20(2)23-17-25(21(3)4)28(26(18-23)22(5)6)35(33,34)31-15-13-30(14-16-31)19-27(32)29(7)24-11-9-8-10-12-24/h8-12,17-18,20-22H,13-16,19H2,1-7H3. The Hall–Kier alpha value is -2.22. The second-order valence-corrected chi connectivity index (χ2v) is 12.3. The van der Waals surface area contributed by atoms with Crippen LogP contribution in [0.1, 0.15) is 76.0 Å². The van der Waals surface area contributed by atoms with Gasteiger partial charge in [0.1, 0.15) is 0 Å². The van der Waals surface area contributed by atoms with Crippen LogP contribution in [0.4, 0.5) is 5.69 Å². The average Bonchev–Trinajstić information content (AvgIpc) is 2.83. The molecule has 6 nitrogen and oxygen atoms in total. The van der Waals surface area contributed by atoms with Crippen molar-refractivity contribution in [3.05, 3.63) is 59.2 Å². The van der Waals surface area contributed by atoms with Crippen molar-refractivity contribution >= 4 is 21.6 Å². The monoisotopic (exact) mass is 499 g/mol. The van der Waals surface area contributed by atoms with Gasteiger partial charge >= 0.3 is 0 Å². The van der Waals surface area contributed by atoms with E-state index in [1.165, 1.54) is 5.56 Å². The van der Waals surface area contributed by atoms with Crippen LogP contribution in [0.2, 0.25) is 0 Å². The fourth-order valence-electron chi connectivity index (χ4n) is 4.54. The second-order valence-electron chi connectivity index (χ2n) is 10.5. The maximum atomic E-state index is 14.0. The van der Waals surface area contributed by atoms with Gasteiger partial charge in [0.15, 0.2) is 0 Å². The molecule has 0 N–H and O–H groups in total. The van der Waals surface area contributed by atoms with E-state index in [0.29, 0.717) is 37.0 Å². The first-order valence-corrected chi connectivity index (χ1v) is 14.1. The SMILES string of the molecule is CC(C)c1cc(C(C)C)c(S(=O)(=O)N2CCN(CC(=O)N(C)c3ccccc3)CC2)c(C(C)C)c1. The van der Waals surface area contributed by atoms with Gasteiger partial charge in [-0.3, -0.25) is 9.69 Å². The van der Waals surface area contributed by atoms with Crippen LogP contribution >= 0.6 is 0 Å². The van der Waals surface area contributed by atoms with Crippen LogP contribution in [0, 0.1) is 0 Å². The van der Waals surface area contributed by atoms with E-state index in [1.54, 1.807) is 16.3 Å². The van der Waals surface area contributed by atoms with Gasteiger partial charge in [0.2, 0.25) is 15.9 Å². The number of likely N-dealkylation sites (N-methyl/N-ethyl adjacent to an activating group) is 1. The average molecular weight is 500 g/mol. The first kappa shape index (κ1) is 27.4. The Morgan fingerprint density at radius 2 is 1.37 bits per heavy atom. The lowest BCUT2D eigenvalue weighted by Crippen LogP contribution is -2.51. The molecule has 0 bridgehead atoms. The number of carbonyl (C=O) groups is 1. The summed E-state index contributed by atoms with van der Waals surface area (Å²) in [4.78, 5) is 17.0. The molecular formula is C28H41N3O3S. The first-order chi connectivity index (χ1) is 16.4. The molecule has 0 atom stereocenters. The molecule has 0 radical (unpaired) electrons. The number of hydrogen-bond donors (Lipinski definition) is 0. The van der Waals surface area contributed by atoms with Gasteiger partial charge in [-0.2, -0.15) is 4.31 Å². The zero-order valence-corrected chi connectivity index (χ0v) is 23.1. The molecule has 1 heterocycles. The molecule has 0 aliphatic carbocycles. The molecule has 2 aromatic rings. The van der Waals surface area contributed by atoms with Crippen molar-refractivity contribution < 1.29 is 13.2 Å². The molecule has 3 rings (SSSR count). The lowest BCUT2D eigenvalue weighted by Gasteiger charge is -2.35. The largest absolute Gasteiger partial charge is 0.314 e. The molecule has 0 saturated carbocycles. The Morgan fingerprint density at radius 1 is 0.857 bits per heavy atom. The number of sulfonamides is 1. The molecule has 35 heavy (non-hydrogen) atoms. The summed E-state index contributed by atoms with van der Waals surface area (Å²) < 4.78 is 29.6. The normalized spacial score (nSPS) is 15.8. The van der Waals surface area contributed by atoms with Crippen LogP contribution in [-0.2, 0) is 14.8 Å². The Kier molecular flexibility index (Phi) is 8.78. The van der Waals surface area contributed by atoms with E-state index in [0.717, 1.165) is 16.8 Å². The molecule has 1 saturated heterocycles. The predicted octanol–water partition coefficient (Wildman–Crippen LogP) is 5.03. The van der Waals surface area contributed by atoms with Crippen LogP contribution in [0.3, 0.4) is 0 Å². The van der Waals surface area contributed by atoms with Crippen molar-refractivity contribution in [3.63, 3.8) is 0 Å². The lowest BCUT2D eigenvalue weighted by atomic mass is 9.89. The molecule has 7 heteroatoms. The summed E-state index contributed by atoms with van der Waals surface area (Å²) in [6.07, 6.45) is 0. The van der Waals surface area contributed by atoms with Gasteiger partial charge in [-0.05, 0) is 46.6 Å². The van der Waals surface area contributed by atoms with Crippen LogP contribution in [0.25, 0.3) is 0 Å². The van der Waals surface area contributed by atoms with Crippen molar-refractivity contribution in [1.82, 2.24) is 9.21 Å². The highest BCUT2D eigenvalue weighted by molar-refractivity contribution is 7.89. The third-order valence-corrected chi connectivity index (χ3v) is 8.92. The second kappa shape index (κ2) is 11.2. The molecule has 2 aromatic carbocycles. The molecule has 0 unspecified atom stereocenters. The number of carbonyl (C=O) groups excluding carboxylic acids is 1. The van der Waals surface area contributed by atoms with E-state index in [4.69, 9.17) is 0 Å². The van der Waals surface area contributed by atoms with E-state index in [-0.39, 0.29) is 24.3 Å². The van der Waals surface area contributed by atoms with Gasteiger partial charge < -0.3 is 4.90 Å². The van der Waals surface area contributed by atoms with Gasteiger partial charge in [-0.25, -0.2) is 8.42 Å². The molecular weight excluding hydrogens is 458 g/mol. The fourth-order valence-corrected chi connectivity index (χ4v) is 6.62. The van der Waals surface area contributed by atoms with Crippen LogP contribution in [-0.4, -0.2) is 63.3 Å².